The normalized spacial score (nSPS) is 13.0. The van der Waals surface area contributed by atoms with Gasteiger partial charge in [-0.25, -0.2) is 12.8 Å². The molecule has 2 N–H and O–H groups in total. The van der Waals surface area contributed by atoms with E-state index in [2.05, 4.69) is 4.72 Å². The second-order valence-corrected chi connectivity index (χ2v) is 7.16. The van der Waals surface area contributed by atoms with Crippen molar-refractivity contribution >= 4 is 27.3 Å². The lowest BCUT2D eigenvalue weighted by molar-refractivity contribution is -0.138. The predicted molar refractivity (Wildman–Crippen MR) is 76.2 cm³/mol. The summed E-state index contributed by atoms with van der Waals surface area (Å²) < 4.78 is 39.1. The van der Waals surface area contributed by atoms with E-state index in [1.807, 2.05) is 0 Å². The zero-order valence-corrected chi connectivity index (χ0v) is 12.3. The number of sulfonamides is 1. The Hall–Kier alpha value is -1.77. The van der Waals surface area contributed by atoms with Crippen LogP contribution in [0.25, 0.3) is 0 Å². The van der Waals surface area contributed by atoms with E-state index in [9.17, 15) is 17.6 Å². The van der Waals surface area contributed by atoms with Crippen LogP contribution in [0, 0.1) is 5.82 Å². The van der Waals surface area contributed by atoms with Crippen LogP contribution in [0.15, 0.2) is 46.0 Å². The highest BCUT2D eigenvalue weighted by Crippen LogP contribution is 2.16. The molecule has 1 aromatic carbocycles. The smallest absolute Gasteiger partial charge is 0.322 e. The molecule has 0 saturated heterocycles. The molecular weight excluding hydrogens is 317 g/mol. The molecule has 2 aromatic rings. The van der Waals surface area contributed by atoms with Crippen molar-refractivity contribution < 1.29 is 22.7 Å². The summed E-state index contributed by atoms with van der Waals surface area (Å²) in [5.74, 6) is -1.73. The number of hydrogen-bond donors (Lipinski definition) is 2. The lowest BCUT2D eigenvalue weighted by atomic mass is 10.1. The molecule has 0 spiro atoms. The van der Waals surface area contributed by atoms with Crippen molar-refractivity contribution in [2.45, 2.75) is 16.7 Å². The molecule has 1 heterocycles. The molecule has 21 heavy (non-hydrogen) atoms. The van der Waals surface area contributed by atoms with Gasteiger partial charge in [-0.05, 0) is 35.6 Å². The Morgan fingerprint density at radius 3 is 2.48 bits per heavy atom. The average Bonchev–Trinajstić information content (AvgIpc) is 2.95. The Labute approximate surface area is 125 Å². The van der Waals surface area contributed by atoms with Crippen molar-refractivity contribution in [2.75, 3.05) is 0 Å². The Bertz CT molecular complexity index is 711. The molecule has 1 aromatic heterocycles. The molecular formula is C13H12FNO4S2. The van der Waals surface area contributed by atoms with Crippen LogP contribution in [0.3, 0.4) is 0 Å². The first-order valence-electron chi connectivity index (χ1n) is 5.91. The second kappa shape index (κ2) is 6.33. The van der Waals surface area contributed by atoms with Crippen molar-refractivity contribution in [3.05, 3.63) is 53.2 Å². The predicted octanol–water partition coefficient (Wildman–Crippen LogP) is 1.86. The highest BCUT2D eigenvalue weighted by atomic mass is 32.2. The van der Waals surface area contributed by atoms with Gasteiger partial charge in [0.25, 0.3) is 10.0 Å². The molecule has 0 aliphatic carbocycles. The molecule has 0 amide bonds. The van der Waals surface area contributed by atoms with Crippen LogP contribution < -0.4 is 4.72 Å². The fraction of sp³-hybridized carbons (Fsp3) is 0.154. The minimum absolute atomic E-state index is 0.0489. The third-order valence-corrected chi connectivity index (χ3v) is 5.58. The highest BCUT2D eigenvalue weighted by molar-refractivity contribution is 7.91. The first-order chi connectivity index (χ1) is 9.88. The van der Waals surface area contributed by atoms with Gasteiger partial charge in [0, 0.05) is 0 Å². The first kappa shape index (κ1) is 15.6. The van der Waals surface area contributed by atoms with Gasteiger partial charge in [0.05, 0.1) is 0 Å². The van der Waals surface area contributed by atoms with E-state index in [4.69, 9.17) is 5.11 Å². The number of carboxylic acid groups (broad SMARTS) is 1. The van der Waals surface area contributed by atoms with Gasteiger partial charge in [-0.3, -0.25) is 4.79 Å². The second-order valence-electron chi connectivity index (χ2n) is 4.27. The van der Waals surface area contributed by atoms with Crippen LogP contribution in [0.1, 0.15) is 5.56 Å². The van der Waals surface area contributed by atoms with E-state index in [-0.39, 0.29) is 10.6 Å². The number of hydrogen-bond acceptors (Lipinski definition) is 4. The molecule has 1 unspecified atom stereocenters. The SMILES string of the molecule is O=C(O)C(Cc1ccc(F)cc1)NS(=O)(=O)c1cccs1. The molecule has 112 valence electrons. The number of benzene rings is 1. The third-order valence-electron chi connectivity index (χ3n) is 2.71. The van der Waals surface area contributed by atoms with Crippen LogP contribution >= 0.6 is 11.3 Å². The van der Waals surface area contributed by atoms with E-state index in [1.54, 1.807) is 11.4 Å². The van der Waals surface area contributed by atoms with Crippen LogP contribution in [0.4, 0.5) is 4.39 Å². The van der Waals surface area contributed by atoms with Gasteiger partial charge < -0.3 is 5.11 Å². The number of halogens is 1. The minimum Gasteiger partial charge on any atom is -0.480 e. The fourth-order valence-electron chi connectivity index (χ4n) is 1.70. The van der Waals surface area contributed by atoms with Crippen molar-refractivity contribution in [1.82, 2.24) is 4.72 Å². The van der Waals surface area contributed by atoms with E-state index in [0.717, 1.165) is 11.3 Å². The standard InChI is InChI=1S/C13H12FNO4S2/c14-10-5-3-9(4-6-10)8-11(13(16)17)15-21(18,19)12-2-1-7-20-12/h1-7,11,15H,8H2,(H,16,17). The van der Waals surface area contributed by atoms with Crippen molar-refractivity contribution in [2.24, 2.45) is 0 Å². The third kappa shape index (κ3) is 4.10. The molecule has 0 fully saturated rings. The number of carbonyl (C=O) groups is 1. The van der Waals surface area contributed by atoms with Crippen molar-refractivity contribution in [1.29, 1.82) is 0 Å². The fourth-order valence-corrected chi connectivity index (χ4v) is 3.90. The summed E-state index contributed by atoms with van der Waals surface area (Å²) in [4.78, 5) is 11.2. The maximum atomic E-state index is 12.8. The average molecular weight is 329 g/mol. The summed E-state index contributed by atoms with van der Waals surface area (Å²) in [5.41, 5.74) is 0.526. The van der Waals surface area contributed by atoms with Crippen LogP contribution in [0.2, 0.25) is 0 Å². The van der Waals surface area contributed by atoms with Crippen molar-refractivity contribution in [3.63, 3.8) is 0 Å². The zero-order valence-electron chi connectivity index (χ0n) is 10.7. The monoisotopic (exact) mass is 329 g/mol. The van der Waals surface area contributed by atoms with E-state index in [1.165, 1.54) is 30.3 Å². The zero-order chi connectivity index (χ0) is 15.5. The Kier molecular flexibility index (Phi) is 4.71. The molecule has 2 rings (SSSR count). The number of rotatable bonds is 6. The van der Waals surface area contributed by atoms with Gasteiger partial charge in [0.2, 0.25) is 0 Å². The van der Waals surface area contributed by atoms with E-state index in [0.29, 0.717) is 5.56 Å². The van der Waals surface area contributed by atoms with E-state index >= 15 is 0 Å². The van der Waals surface area contributed by atoms with Crippen LogP contribution in [-0.4, -0.2) is 25.5 Å². The molecule has 0 bridgehead atoms. The van der Waals surface area contributed by atoms with Crippen LogP contribution in [0.5, 0.6) is 0 Å². The Morgan fingerprint density at radius 1 is 1.29 bits per heavy atom. The Morgan fingerprint density at radius 2 is 1.95 bits per heavy atom. The summed E-state index contributed by atoms with van der Waals surface area (Å²) >= 11 is 0.999. The lowest BCUT2D eigenvalue weighted by Crippen LogP contribution is -2.42. The molecule has 0 aliphatic heterocycles. The maximum absolute atomic E-state index is 12.8. The molecule has 8 heteroatoms. The molecule has 0 radical (unpaired) electrons. The summed E-state index contributed by atoms with van der Waals surface area (Å²) in [6.07, 6.45) is -0.0692. The van der Waals surface area contributed by atoms with Gasteiger partial charge in [0.15, 0.2) is 0 Å². The Balaban J connectivity index is 2.17. The van der Waals surface area contributed by atoms with Gasteiger partial charge in [-0.1, -0.05) is 18.2 Å². The van der Waals surface area contributed by atoms with Gasteiger partial charge in [-0.2, -0.15) is 4.72 Å². The minimum atomic E-state index is -3.88. The van der Waals surface area contributed by atoms with Gasteiger partial charge in [-0.15, -0.1) is 11.3 Å². The summed E-state index contributed by atoms with van der Waals surface area (Å²) in [6, 6.07) is 6.88. The van der Waals surface area contributed by atoms with Crippen LogP contribution in [-0.2, 0) is 21.2 Å². The molecule has 1 atom stereocenters. The maximum Gasteiger partial charge on any atom is 0.322 e. The summed E-state index contributed by atoms with van der Waals surface area (Å²) in [6.45, 7) is 0. The summed E-state index contributed by atoms with van der Waals surface area (Å²) in [5, 5.41) is 10.7. The highest BCUT2D eigenvalue weighted by Gasteiger charge is 2.26. The van der Waals surface area contributed by atoms with Gasteiger partial charge >= 0.3 is 5.97 Å². The number of aliphatic carboxylic acids is 1. The quantitative estimate of drug-likeness (QED) is 0.847. The molecule has 0 aliphatic rings. The number of thiophene rings is 1. The summed E-state index contributed by atoms with van der Waals surface area (Å²) in [7, 11) is -3.88. The largest absolute Gasteiger partial charge is 0.480 e. The number of nitrogens with one attached hydrogen (secondary N) is 1. The van der Waals surface area contributed by atoms with Gasteiger partial charge in [0.1, 0.15) is 16.1 Å². The van der Waals surface area contributed by atoms with E-state index < -0.39 is 27.9 Å². The lowest BCUT2D eigenvalue weighted by Gasteiger charge is -2.14. The van der Waals surface area contributed by atoms with Crippen molar-refractivity contribution in [3.8, 4) is 0 Å². The first-order valence-corrected chi connectivity index (χ1v) is 8.28. The number of carboxylic acids is 1. The molecule has 0 saturated carbocycles. The topological polar surface area (TPSA) is 83.5 Å². The molecule has 5 nitrogen and oxygen atoms in total.